The molecule has 3 nitrogen and oxygen atoms in total. The monoisotopic (exact) mass is 245 g/mol. The highest BCUT2D eigenvalue weighted by Gasteiger charge is 2.31. The number of benzene rings is 1. The van der Waals surface area contributed by atoms with E-state index in [4.69, 9.17) is 0 Å². The largest absolute Gasteiger partial charge is 0.307 e. The molecule has 1 N–H and O–H groups in total. The summed E-state index contributed by atoms with van der Waals surface area (Å²) in [5, 5.41) is 3.71. The summed E-state index contributed by atoms with van der Waals surface area (Å²) in [4.78, 5) is 5.10. The van der Waals surface area contributed by atoms with E-state index < -0.39 is 0 Å². The Morgan fingerprint density at radius 2 is 2.11 bits per heavy atom. The van der Waals surface area contributed by atoms with E-state index in [-0.39, 0.29) is 0 Å². The van der Waals surface area contributed by atoms with Gasteiger partial charge in [0.25, 0.3) is 0 Å². The van der Waals surface area contributed by atoms with Crippen molar-refractivity contribution in [2.24, 2.45) is 0 Å². The third-order valence-electron chi connectivity index (χ3n) is 4.27. The number of aryl methyl sites for hydroxylation is 1. The van der Waals surface area contributed by atoms with Crippen LogP contribution in [0.15, 0.2) is 24.3 Å². The van der Waals surface area contributed by atoms with Gasteiger partial charge < -0.3 is 10.2 Å². The van der Waals surface area contributed by atoms with Gasteiger partial charge in [0.1, 0.15) is 0 Å². The number of hydrogen-bond donors (Lipinski definition) is 1. The number of nitrogens with one attached hydrogen (secondary N) is 1. The summed E-state index contributed by atoms with van der Waals surface area (Å²) in [6.07, 6.45) is 0. The Morgan fingerprint density at radius 1 is 1.22 bits per heavy atom. The van der Waals surface area contributed by atoms with Crippen molar-refractivity contribution in [3.8, 4) is 0 Å². The summed E-state index contributed by atoms with van der Waals surface area (Å²) < 4.78 is 0. The maximum atomic E-state index is 3.71. The molecular weight excluding hydrogens is 222 g/mol. The first-order valence-electron chi connectivity index (χ1n) is 6.95. The van der Waals surface area contributed by atoms with E-state index in [1.165, 1.54) is 30.8 Å². The minimum atomic E-state index is 0.504. The average molecular weight is 245 g/mol. The van der Waals surface area contributed by atoms with Crippen molar-refractivity contribution >= 4 is 0 Å². The van der Waals surface area contributed by atoms with Crippen LogP contribution in [0, 0.1) is 6.92 Å². The zero-order chi connectivity index (χ0) is 12.5. The van der Waals surface area contributed by atoms with Crippen molar-refractivity contribution in [3.05, 3.63) is 35.4 Å². The van der Waals surface area contributed by atoms with E-state index in [2.05, 4.69) is 53.4 Å². The van der Waals surface area contributed by atoms with Gasteiger partial charge in [-0.05, 0) is 19.5 Å². The normalized spacial score (nSPS) is 30.1. The SMILES string of the molecule is Cc1cccc(C2CN3CCN(C)CC3CN2)c1. The molecule has 0 amide bonds. The first-order chi connectivity index (χ1) is 8.72. The van der Waals surface area contributed by atoms with E-state index >= 15 is 0 Å². The molecule has 0 aromatic heterocycles. The Hall–Kier alpha value is -0.900. The molecule has 2 unspecified atom stereocenters. The maximum absolute atomic E-state index is 3.71. The molecule has 2 aliphatic heterocycles. The van der Waals surface area contributed by atoms with Crippen LogP contribution in [-0.2, 0) is 0 Å². The van der Waals surface area contributed by atoms with Gasteiger partial charge in [-0.2, -0.15) is 0 Å². The summed E-state index contributed by atoms with van der Waals surface area (Å²) in [5.74, 6) is 0. The van der Waals surface area contributed by atoms with Crippen molar-refractivity contribution in [1.82, 2.24) is 15.1 Å². The molecule has 1 aromatic rings. The molecule has 3 heteroatoms. The Balaban J connectivity index is 1.70. The predicted molar refractivity (Wildman–Crippen MR) is 74.8 cm³/mol. The third-order valence-corrected chi connectivity index (χ3v) is 4.27. The lowest BCUT2D eigenvalue weighted by Gasteiger charge is -2.46. The highest BCUT2D eigenvalue weighted by Crippen LogP contribution is 2.22. The summed E-state index contributed by atoms with van der Waals surface area (Å²) in [5.41, 5.74) is 2.79. The van der Waals surface area contributed by atoms with Crippen LogP contribution in [0.1, 0.15) is 17.2 Å². The van der Waals surface area contributed by atoms with Gasteiger partial charge >= 0.3 is 0 Å². The minimum absolute atomic E-state index is 0.504. The highest BCUT2D eigenvalue weighted by molar-refractivity contribution is 5.26. The third kappa shape index (κ3) is 2.44. The van der Waals surface area contributed by atoms with Crippen LogP contribution in [0.4, 0.5) is 0 Å². The summed E-state index contributed by atoms with van der Waals surface area (Å²) in [6.45, 7) is 8.06. The fraction of sp³-hybridized carbons (Fsp3) is 0.600. The lowest BCUT2D eigenvalue weighted by atomic mass is 9.99. The molecule has 1 aromatic carbocycles. The summed E-state index contributed by atoms with van der Waals surface area (Å²) in [6, 6.07) is 10.1. The van der Waals surface area contributed by atoms with Crippen LogP contribution < -0.4 is 5.32 Å². The molecule has 98 valence electrons. The van der Waals surface area contributed by atoms with Crippen LogP contribution in [0.25, 0.3) is 0 Å². The number of nitrogens with zero attached hydrogens (tertiary/aromatic N) is 2. The molecule has 18 heavy (non-hydrogen) atoms. The molecule has 2 aliphatic rings. The Kier molecular flexibility index (Phi) is 3.37. The number of rotatable bonds is 1. The van der Waals surface area contributed by atoms with Crippen LogP contribution in [0.2, 0.25) is 0 Å². The van der Waals surface area contributed by atoms with Crippen LogP contribution in [-0.4, -0.2) is 55.6 Å². The Labute approximate surface area is 110 Å². The lowest BCUT2D eigenvalue weighted by Crippen LogP contribution is -2.61. The molecule has 2 heterocycles. The fourth-order valence-electron chi connectivity index (χ4n) is 3.17. The number of likely N-dealkylation sites (N-methyl/N-ethyl adjacent to an activating group) is 1. The second kappa shape index (κ2) is 5.00. The average Bonchev–Trinajstić information content (AvgIpc) is 2.38. The summed E-state index contributed by atoms with van der Waals surface area (Å²) in [7, 11) is 2.23. The van der Waals surface area contributed by atoms with Crippen molar-refractivity contribution in [2.75, 3.05) is 39.8 Å². The zero-order valence-corrected chi connectivity index (χ0v) is 11.4. The van der Waals surface area contributed by atoms with Crippen LogP contribution in [0.3, 0.4) is 0 Å². The molecule has 2 fully saturated rings. The van der Waals surface area contributed by atoms with Crippen LogP contribution in [0.5, 0.6) is 0 Å². The van der Waals surface area contributed by atoms with Crippen molar-refractivity contribution in [1.29, 1.82) is 0 Å². The molecule has 2 atom stereocenters. The standard InChI is InChI=1S/C15H23N3/c1-12-4-3-5-13(8-12)15-11-18-7-6-17(2)10-14(18)9-16-15/h3-5,8,14-16H,6-7,9-11H2,1-2H3. The van der Waals surface area contributed by atoms with E-state index in [9.17, 15) is 0 Å². The van der Waals surface area contributed by atoms with E-state index in [0.29, 0.717) is 12.1 Å². The van der Waals surface area contributed by atoms with E-state index in [0.717, 1.165) is 13.1 Å². The van der Waals surface area contributed by atoms with Gasteiger partial charge in [0.05, 0.1) is 0 Å². The van der Waals surface area contributed by atoms with Gasteiger partial charge in [-0.25, -0.2) is 0 Å². The van der Waals surface area contributed by atoms with Gasteiger partial charge in [-0.3, -0.25) is 4.90 Å². The van der Waals surface area contributed by atoms with Crippen molar-refractivity contribution in [3.63, 3.8) is 0 Å². The van der Waals surface area contributed by atoms with E-state index in [1.807, 2.05) is 0 Å². The zero-order valence-electron chi connectivity index (χ0n) is 11.4. The lowest BCUT2D eigenvalue weighted by molar-refractivity contribution is 0.0538. The van der Waals surface area contributed by atoms with Crippen molar-refractivity contribution in [2.45, 2.75) is 19.0 Å². The first-order valence-corrected chi connectivity index (χ1v) is 6.95. The highest BCUT2D eigenvalue weighted by atomic mass is 15.3. The summed E-state index contributed by atoms with van der Waals surface area (Å²) >= 11 is 0. The smallest absolute Gasteiger partial charge is 0.0450 e. The second-order valence-electron chi connectivity index (χ2n) is 5.79. The molecule has 0 bridgehead atoms. The molecule has 0 radical (unpaired) electrons. The molecule has 2 saturated heterocycles. The van der Waals surface area contributed by atoms with Crippen LogP contribution >= 0.6 is 0 Å². The number of hydrogen-bond acceptors (Lipinski definition) is 3. The molecule has 3 rings (SSSR count). The number of piperazine rings is 2. The maximum Gasteiger partial charge on any atom is 0.0450 e. The van der Waals surface area contributed by atoms with Gasteiger partial charge in [0, 0.05) is 44.8 Å². The second-order valence-corrected chi connectivity index (χ2v) is 5.79. The Bertz CT molecular complexity index is 418. The van der Waals surface area contributed by atoms with E-state index in [1.54, 1.807) is 0 Å². The van der Waals surface area contributed by atoms with Gasteiger partial charge in [-0.1, -0.05) is 29.8 Å². The van der Waals surface area contributed by atoms with Gasteiger partial charge in [0.15, 0.2) is 0 Å². The number of fused-ring (bicyclic) bond motifs is 1. The molecule has 0 saturated carbocycles. The van der Waals surface area contributed by atoms with Gasteiger partial charge in [-0.15, -0.1) is 0 Å². The topological polar surface area (TPSA) is 18.5 Å². The molecule has 0 aliphatic carbocycles. The Morgan fingerprint density at radius 3 is 2.94 bits per heavy atom. The van der Waals surface area contributed by atoms with Gasteiger partial charge in [0.2, 0.25) is 0 Å². The quantitative estimate of drug-likeness (QED) is 0.803. The first kappa shape index (κ1) is 12.2. The predicted octanol–water partition coefficient (Wildman–Crippen LogP) is 1.26. The van der Waals surface area contributed by atoms with Crippen molar-refractivity contribution < 1.29 is 0 Å². The fourth-order valence-corrected chi connectivity index (χ4v) is 3.17. The molecule has 0 spiro atoms. The molecular formula is C15H23N3. The minimum Gasteiger partial charge on any atom is -0.307 e.